The van der Waals surface area contributed by atoms with Crippen molar-refractivity contribution < 1.29 is 8.42 Å². The maximum absolute atomic E-state index is 12.2. The molecular weight excluding hydrogens is 292 g/mol. The summed E-state index contributed by atoms with van der Waals surface area (Å²) in [5, 5.41) is 3.26. The molecule has 20 heavy (non-hydrogen) atoms. The van der Waals surface area contributed by atoms with Crippen LogP contribution in [0.1, 0.15) is 40.5 Å². The van der Waals surface area contributed by atoms with Crippen molar-refractivity contribution in [3.05, 3.63) is 0 Å². The number of hydrogen-bond donors (Lipinski definition) is 1. The van der Waals surface area contributed by atoms with E-state index in [2.05, 4.69) is 31.0 Å². The Balaban J connectivity index is 2.65. The molecule has 0 spiro atoms. The molecule has 2 unspecified atom stereocenters. The quantitative estimate of drug-likeness (QED) is 0.740. The highest BCUT2D eigenvalue weighted by Gasteiger charge is 2.35. The van der Waals surface area contributed by atoms with Crippen LogP contribution in [0.4, 0.5) is 0 Å². The SMILES string of the molecule is CCC(CC)NCC(C)N1CCSCC1S(=O)(=O)CC. The van der Waals surface area contributed by atoms with E-state index >= 15 is 0 Å². The Hall–Kier alpha value is 0.220. The molecule has 120 valence electrons. The molecule has 0 aromatic carbocycles. The van der Waals surface area contributed by atoms with Crippen LogP contribution in [0, 0.1) is 0 Å². The van der Waals surface area contributed by atoms with E-state index in [0.29, 0.717) is 11.8 Å². The highest BCUT2D eigenvalue weighted by Crippen LogP contribution is 2.23. The lowest BCUT2D eigenvalue weighted by atomic mass is 10.1. The summed E-state index contributed by atoms with van der Waals surface area (Å²) in [6.07, 6.45) is 2.24. The summed E-state index contributed by atoms with van der Waals surface area (Å²) in [6.45, 7) is 10.0. The maximum Gasteiger partial charge on any atom is 0.166 e. The van der Waals surface area contributed by atoms with Crippen LogP contribution < -0.4 is 5.32 Å². The number of rotatable bonds is 8. The second kappa shape index (κ2) is 8.61. The van der Waals surface area contributed by atoms with Gasteiger partial charge in [-0.3, -0.25) is 4.90 Å². The van der Waals surface area contributed by atoms with Crippen LogP contribution in [-0.2, 0) is 9.84 Å². The number of nitrogens with zero attached hydrogens (tertiary/aromatic N) is 1. The van der Waals surface area contributed by atoms with E-state index in [4.69, 9.17) is 0 Å². The number of hydrogen-bond acceptors (Lipinski definition) is 5. The number of nitrogens with one attached hydrogen (secondary N) is 1. The summed E-state index contributed by atoms with van der Waals surface area (Å²) in [7, 11) is -2.99. The van der Waals surface area contributed by atoms with E-state index in [1.807, 2.05) is 0 Å². The Morgan fingerprint density at radius 3 is 2.50 bits per heavy atom. The predicted molar refractivity (Wildman–Crippen MR) is 89.1 cm³/mol. The molecular formula is C14H30N2O2S2. The third-order valence-corrected chi connectivity index (χ3v) is 7.50. The molecule has 1 saturated heterocycles. The van der Waals surface area contributed by atoms with E-state index in [1.165, 1.54) is 0 Å². The summed E-state index contributed by atoms with van der Waals surface area (Å²) >= 11 is 1.76. The first-order chi connectivity index (χ1) is 9.46. The van der Waals surface area contributed by atoms with Gasteiger partial charge >= 0.3 is 0 Å². The zero-order valence-corrected chi connectivity index (χ0v) is 14.9. The second-order valence-corrected chi connectivity index (χ2v) is 9.09. The van der Waals surface area contributed by atoms with Crippen LogP contribution in [0.3, 0.4) is 0 Å². The summed E-state index contributed by atoms with van der Waals surface area (Å²) < 4.78 is 24.5. The van der Waals surface area contributed by atoms with E-state index in [0.717, 1.165) is 31.7 Å². The minimum atomic E-state index is -2.99. The van der Waals surface area contributed by atoms with Gasteiger partial charge in [0, 0.05) is 42.4 Å². The average molecular weight is 323 g/mol. The lowest BCUT2D eigenvalue weighted by Crippen LogP contribution is -2.54. The summed E-state index contributed by atoms with van der Waals surface area (Å²) in [4.78, 5) is 2.19. The molecule has 1 fully saturated rings. The zero-order chi connectivity index (χ0) is 15.2. The first-order valence-corrected chi connectivity index (χ1v) is 10.6. The Labute approximate surface area is 129 Å². The fourth-order valence-corrected chi connectivity index (χ4v) is 5.76. The molecule has 0 bridgehead atoms. The molecule has 0 aromatic heterocycles. The fourth-order valence-electron chi connectivity index (χ4n) is 2.63. The minimum absolute atomic E-state index is 0.238. The summed E-state index contributed by atoms with van der Waals surface area (Å²) in [6, 6.07) is 0.806. The van der Waals surface area contributed by atoms with Gasteiger partial charge in [0.05, 0.1) is 0 Å². The van der Waals surface area contributed by atoms with Gasteiger partial charge < -0.3 is 5.32 Å². The fraction of sp³-hybridized carbons (Fsp3) is 1.00. The first kappa shape index (κ1) is 18.3. The zero-order valence-electron chi connectivity index (χ0n) is 13.3. The Morgan fingerprint density at radius 1 is 1.30 bits per heavy atom. The molecule has 0 aliphatic carbocycles. The highest BCUT2D eigenvalue weighted by atomic mass is 32.2. The molecule has 1 heterocycles. The molecule has 1 aliphatic heterocycles. The van der Waals surface area contributed by atoms with Crippen LogP contribution >= 0.6 is 11.8 Å². The van der Waals surface area contributed by atoms with Gasteiger partial charge in [0.1, 0.15) is 5.37 Å². The van der Waals surface area contributed by atoms with Crippen molar-refractivity contribution in [1.82, 2.24) is 10.2 Å². The number of thioether (sulfide) groups is 1. The molecule has 4 nitrogen and oxygen atoms in total. The van der Waals surface area contributed by atoms with Crippen molar-refractivity contribution in [2.75, 3.05) is 30.3 Å². The molecule has 1 aliphatic rings. The molecule has 0 radical (unpaired) electrons. The molecule has 0 saturated carbocycles. The summed E-state index contributed by atoms with van der Waals surface area (Å²) in [5.74, 6) is 1.98. The van der Waals surface area contributed by atoms with Crippen LogP contribution in [0.5, 0.6) is 0 Å². The maximum atomic E-state index is 12.2. The Morgan fingerprint density at radius 2 is 1.95 bits per heavy atom. The summed E-state index contributed by atoms with van der Waals surface area (Å²) in [5.41, 5.74) is 0. The third kappa shape index (κ3) is 4.90. The predicted octanol–water partition coefficient (Wildman–Crippen LogP) is 1.96. The van der Waals surface area contributed by atoms with E-state index in [1.54, 1.807) is 18.7 Å². The Bertz CT molecular complexity index is 369. The standard InChI is InChI=1S/C14H30N2O2S2/c1-5-13(6-2)15-10-12(4)16-8-9-19-11-14(16)20(17,18)7-3/h12-15H,5-11H2,1-4H3. The van der Waals surface area contributed by atoms with Gasteiger partial charge in [0.2, 0.25) is 0 Å². The van der Waals surface area contributed by atoms with Gasteiger partial charge in [-0.2, -0.15) is 11.8 Å². The molecule has 1 N–H and O–H groups in total. The van der Waals surface area contributed by atoms with Crippen LogP contribution in [-0.4, -0.2) is 61.1 Å². The van der Waals surface area contributed by atoms with Crippen molar-refractivity contribution in [2.24, 2.45) is 0 Å². The smallest absolute Gasteiger partial charge is 0.166 e. The molecule has 6 heteroatoms. The van der Waals surface area contributed by atoms with Crippen LogP contribution in [0.15, 0.2) is 0 Å². The lowest BCUT2D eigenvalue weighted by Gasteiger charge is -2.39. The van der Waals surface area contributed by atoms with Crippen molar-refractivity contribution in [2.45, 2.75) is 58.0 Å². The van der Waals surface area contributed by atoms with Gasteiger partial charge in [-0.05, 0) is 19.8 Å². The minimum Gasteiger partial charge on any atom is -0.312 e. The Kier molecular flexibility index (Phi) is 7.87. The van der Waals surface area contributed by atoms with Crippen molar-refractivity contribution in [3.8, 4) is 0 Å². The van der Waals surface area contributed by atoms with Gasteiger partial charge in [-0.25, -0.2) is 8.42 Å². The first-order valence-electron chi connectivity index (χ1n) is 7.74. The van der Waals surface area contributed by atoms with Gasteiger partial charge in [0.25, 0.3) is 0 Å². The molecule has 2 atom stereocenters. The monoisotopic (exact) mass is 322 g/mol. The van der Waals surface area contributed by atoms with Crippen molar-refractivity contribution in [3.63, 3.8) is 0 Å². The van der Waals surface area contributed by atoms with E-state index in [9.17, 15) is 8.42 Å². The van der Waals surface area contributed by atoms with Crippen molar-refractivity contribution in [1.29, 1.82) is 0 Å². The van der Waals surface area contributed by atoms with Gasteiger partial charge in [-0.1, -0.05) is 20.8 Å². The molecule has 0 amide bonds. The molecule has 0 aromatic rings. The van der Waals surface area contributed by atoms with Crippen LogP contribution in [0.25, 0.3) is 0 Å². The third-order valence-electron chi connectivity index (χ3n) is 4.19. The van der Waals surface area contributed by atoms with Crippen molar-refractivity contribution >= 4 is 21.6 Å². The average Bonchev–Trinajstić information content (AvgIpc) is 2.48. The topological polar surface area (TPSA) is 49.4 Å². The highest BCUT2D eigenvalue weighted by molar-refractivity contribution is 8.01. The number of sulfone groups is 1. The van der Waals surface area contributed by atoms with Gasteiger partial charge in [0.15, 0.2) is 9.84 Å². The normalized spacial score (nSPS) is 23.1. The lowest BCUT2D eigenvalue weighted by molar-refractivity contribution is 0.195. The van der Waals surface area contributed by atoms with Gasteiger partial charge in [-0.15, -0.1) is 0 Å². The largest absolute Gasteiger partial charge is 0.312 e. The van der Waals surface area contributed by atoms with E-state index in [-0.39, 0.29) is 17.2 Å². The van der Waals surface area contributed by atoms with E-state index < -0.39 is 9.84 Å². The second-order valence-electron chi connectivity index (χ2n) is 5.49. The van der Waals surface area contributed by atoms with Crippen LogP contribution in [0.2, 0.25) is 0 Å². The molecule has 1 rings (SSSR count).